The van der Waals surface area contributed by atoms with E-state index in [0.717, 1.165) is 27.2 Å². The van der Waals surface area contributed by atoms with E-state index >= 15 is 0 Å². The molecule has 4 heteroatoms. The monoisotopic (exact) mass is 254 g/mol. The Balaban J connectivity index is 2.83. The van der Waals surface area contributed by atoms with Crippen LogP contribution >= 0.6 is 23.8 Å². The Labute approximate surface area is 105 Å². The molecule has 1 aromatic carbocycles. The maximum Gasteiger partial charge on any atom is 0.178 e. The first-order valence-corrected chi connectivity index (χ1v) is 6.15. The Morgan fingerprint density at radius 1 is 1.44 bits per heavy atom. The SMILES string of the molecule is CCC(C)(C)n1c(=S)[nH]c2ccc(Cl)cc21. The van der Waals surface area contributed by atoms with E-state index in [4.69, 9.17) is 23.8 Å². The summed E-state index contributed by atoms with van der Waals surface area (Å²) in [6, 6.07) is 5.80. The van der Waals surface area contributed by atoms with E-state index in [9.17, 15) is 0 Å². The van der Waals surface area contributed by atoms with Crippen molar-refractivity contribution in [2.75, 3.05) is 0 Å². The molecular formula is C12H15ClN2S. The molecule has 1 aromatic heterocycles. The highest BCUT2D eigenvalue weighted by molar-refractivity contribution is 7.71. The van der Waals surface area contributed by atoms with Crippen LogP contribution < -0.4 is 0 Å². The van der Waals surface area contributed by atoms with E-state index in [-0.39, 0.29) is 5.54 Å². The largest absolute Gasteiger partial charge is 0.331 e. The van der Waals surface area contributed by atoms with Gasteiger partial charge in [-0.1, -0.05) is 18.5 Å². The van der Waals surface area contributed by atoms with Gasteiger partial charge < -0.3 is 9.55 Å². The van der Waals surface area contributed by atoms with Gasteiger partial charge >= 0.3 is 0 Å². The number of fused-ring (bicyclic) bond motifs is 1. The summed E-state index contributed by atoms with van der Waals surface area (Å²) < 4.78 is 2.90. The molecule has 0 unspecified atom stereocenters. The summed E-state index contributed by atoms with van der Waals surface area (Å²) in [5.41, 5.74) is 2.11. The van der Waals surface area contributed by atoms with Gasteiger partial charge in [0.15, 0.2) is 4.77 Å². The molecule has 0 spiro atoms. The van der Waals surface area contributed by atoms with Crippen molar-refractivity contribution in [2.24, 2.45) is 0 Å². The summed E-state index contributed by atoms with van der Waals surface area (Å²) in [5, 5.41) is 0.738. The zero-order valence-electron chi connectivity index (χ0n) is 9.67. The van der Waals surface area contributed by atoms with Crippen LogP contribution in [0.5, 0.6) is 0 Å². The number of nitrogens with one attached hydrogen (secondary N) is 1. The fourth-order valence-electron chi connectivity index (χ4n) is 1.84. The minimum absolute atomic E-state index is 0.0000154. The second-order valence-corrected chi connectivity index (χ2v) is 5.42. The molecule has 1 heterocycles. The van der Waals surface area contributed by atoms with Crippen LogP contribution in [-0.2, 0) is 5.54 Å². The molecule has 2 nitrogen and oxygen atoms in total. The van der Waals surface area contributed by atoms with Gasteiger partial charge in [0, 0.05) is 10.6 Å². The van der Waals surface area contributed by atoms with Crippen molar-refractivity contribution in [2.45, 2.75) is 32.7 Å². The lowest BCUT2D eigenvalue weighted by Gasteiger charge is -2.25. The van der Waals surface area contributed by atoms with Gasteiger partial charge in [-0.05, 0) is 50.7 Å². The second kappa shape index (κ2) is 3.90. The molecule has 0 aliphatic heterocycles. The highest BCUT2D eigenvalue weighted by atomic mass is 35.5. The minimum Gasteiger partial charge on any atom is -0.331 e. The molecule has 0 bridgehead atoms. The molecule has 0 saturated heterocycles. The number of hydrogen-bond donors (Lipinski definition) is 1. The number of imidazole rings is 1. The van der Waals surface area contributed by atoms with E-state index < -0.39 is 0 Å². The normalized spacial score (nSPS) is 12.2. The second-order valence-electron chi connectivity index (χ2n) is 4.59. The lowest BCUT2D eigenvalue weighted by atomic mass is 10.0. The maximum absolute atomic E-state index is 6.03. The molecule has 0 aliphatic carbocycles. The predicted molar refractivity (Wildman–Crippen MR) is 71.7 cm³/mol. The summed E-state index contributed by atoms with van der Waals surface area (Å²) in [4.78, 5) is 3.21. The molecule has 0 fully saturated rings. The summed E-state index contributed by atoms with van der Waals surface area (Å²) in [7, 11) is 0. The van der Waals surface area contributed by atoms with Crippen molar-refractivity contribution in [1.29, 1.82) is 0 Å². The van der Waals surface area contributed by atoms with E-state index in [0.29, 0.717) is 0 Å². The van der Waals surface area contributed by atoms with E-state index in [2.05, 4.69) is 30.3 Å². The average molecular weight is 255 g/mol. The van der Waals surface area contributed by atoms with Crippen LogP contribution in [0.3, 0.4) is 0 Å². The molecule has 2 aromatic rings. The Kier molecular flexibility index (Phi) is 2.84. The minimum atomic E-state index is 0.0000154. The molecule has 0 saturated carbocycles. The van der Waals surface area contributed by atoms with E-state index in [1.807, 2.05) is 18.2 Å². The molecule has 0 radical (unpaired) electrons. The first kappa shape index (κ1) is 11.7. The number of aromatic amines is 1. The van der Waals surface area contributed by atoms with Gasteiger partial charge in [-0.3, -0.25) is 0 Å². The number of H-pyrrole nitrogens is 1. The van der Waals surface area contributed by atoms with Gasteiger partial charge in [0.25, 0.3) is 0 Å². The lowest BCUT2D eigenvalue weighted by Crippen LogP contribution is -2.25. The molecule has 0 aliphatic rings. The van der Waals surface area contributed by atoms with E-state index in [1.54, 1.807) is 0 Å². The van der Waals surface area contributed by atoms with Crippen molar-refractivity contribution in [1.82, 2.24) is 9.55 Å². The lowest BCUT2D eigenvalue weighted by molar-refractivity contribution is 0.348. The van der Waals surface area contributed by atoms with Gasteiger partial charge in [-0.15, -0.1) is 0 Å². The van der Waals surface area contributed by atoms with Crippen molar-refractivity contribution in [3.8, 4) is 0 Å². The Hall–Kier alpha value is -0.800. The molecule has 1 N–H and O–H groups in total. The number of aromatic nitrogens is 2. The Morgan fingerprint density at radius 3 is 2.75 bits per heavy atom. The third-order valence-electron chi connectivity index (χ3n) is 3.12. The number of halogens is 1. The highest BCUT2D eigenvalue weighted by Gasteiger charge is 2.21. The standard InChI is InChI=1S/C12H15ClN2S/c1-4-12(2,3)15-10-7-8(13)5-6-9(10)14-11(15)16/h5-7H,4H2,1-3H3,(H,14,16). The molecule has 2 rings (SSSR count). The highest BCUT2D eigenvalue weighted by Crippen LogP contribution is 2.27. The zero-order valence-corrected chi connectivity index (χ0v) is 11.2. The first-order chi connectivity index (χ1) is 7.45. The summed E-state index contributed by atoms with van der Waals surface area (Å²) in [5.74, 6) is 0. The van der Waals surface area contributed by atoms with Crippen LogP contribution in [0.1, 0.15) is 27.2 Å². The Bertz CT molecular complexity index is 580. The first-order valence-electron chi connectivity index (χ1n) is 5.36. The van der Waals surface area contributed by atoms with Crippen LogP contribution in [0.4, 0.5) is 0 Å². The fraction of sp³-hybridized carbons (Fsp3) is 0.417. The number of nitrogens with zero attached hydrogens (tertiary/aromatic N) is 1. The summed E-state index contributed by atoms with van der Waals surface area (Å²) >= 11 is 11.4. The predicted octanol–water partition coefficient (Wildman–Crippen LogP) is 4.50. The third-order valence-corrected chi connectivity index (χ3v) is 3.64. The van der Waals surface area contributed by atoms with E-state index in [1.165, 1.54) is 0 Å². The number of hydrogen-bond acceptors (Lipinski definition) is 1. The zero-order chi connectivity index (χ0) is 11.9. The third kappa shape index (κ3) is 1.78. The van der Waals surface area contributed by atoms with Gasteiger partial charge in [-0.2, -0.15) is 0 Å². The van der Waals surface area contributed by atoms with Crippen molar-refractivity contribution < 1.29 is 0 Å². The fourth-order valence-corrected chi connectivity index (χ4v) is 2.46. The van der Waals surface area contributed by atoms with Crippen LogP contribution in [0.15, 0.2) is 18.2 Å². The van der Waals surface area contributed by atoms with Crippen LogP contribution in [0, 0.1) is 4.77 Å². The van der Waals surface area contributed by atoms with Gasteiger partial charge in [0.2, 0.25) is 0 Å². The molecule has 0 atom stereocenters. The van der Waals surface area contributed by atoms with Gasteiger partial charge in [0.05, 0.1) is 11.0 Å². The van der Waals surface area contributed by atoms with Crippen molar-refractivity contribution in [3.05, 3.63) is 28.0 Å². The smallest absolute Gasteiger partial charge is 0.178 e. The molecule has 0 amide bonds. The maximum atomic E-state index is 6.03. The van der Waals surface area contributed by atoms with Gasteiger partial charge in [0.1, 0.15) is 0 Å². The number of rotatable bonds is 2. The molecular weight excluding hydrogens is 240 g/mol. The topological polar surface area (TPSA) is 20.7 Å². The molecule has 16 heavy (non-hydrogen) atoms. The quantitative estimate of drug-likeness (QED) is 0.783. The molecule has 86 valence electrons. The van der Waals surface area contributed by atoms with Crippen molar-refractivity contribution in [3.63, 3.8) is 0 Å². The van der Waals surface area contributed by atoms with Crippen molar-refractivity contribution >= 4 is 34.9 Å². The van der Waals surface area contributed by atoms with Gasteiger partial charge in [-0.25, -0.2) is 0 Å². The van der Waals surface area contributed by atoms with Crippen LogP contribution in [-0.4, -0.2) is 9.55 Å². The number of benzene rings is 1. The summed E-state index contributed by atoms with van der Waals surface area (Å²) in [6.45, 7) is 6.51. The average Bonchev–Trinajstić information content (AvgIpc) is 2.54. The van der Waals surface area contributed by atoms with Crippen LogP contribution in [0.25, 0.3) is 11.0 Å². The Morgan fingerprint density at radius 2 is 2.12 bits per heavy atom. The summed E-state index contributed by atoms with van der Waals surface area (Å²) in [6.07, 6.45) is 1.01. The van der Waals surface area contributed by atoms with Crippen LogP contribution in [0.2, 0.25) is 5.02 Å².